The lowest BCUT2D eigenvalue weighted by Gasteiger charge is -2.07. The first-order chi connectivity index (χ1) is 9.11. The zero-order valence-corrected chi connectivity index (χ0v) is 10.4. The van der Waals surface area contributed by atoms with Crippen LogP contribution in [-0.4, -0.2) is 17.4 Å². The number of nitrogens with zero attached hydrogens (tertiary/aromatic N) is 1. The maximum absolute atomic E-state index is 11.8. The molecule has 4 N–H and O–H groups in total. The number of rotatable bonds is 6. The Morgan fingerprint density at radius 3 is 2.79 bits per heavy atom. The van der Waals surface area contributed by atoms with Crippen molar-refractivity contribution in [2.45, 2.75) is 19.3 Å². The van der Waals surface area contributed by atoms with Crippen LogP contribution >= 0.6 is 0 Å². The van der Waals surface area contributed by atoms with E-state index in [1.165, 1.54) is 31.0 Å². The molecule has 7 nitrogen and oxygen atoms in total. The van der Waals surface area contributed by atoms with E-state index in [4.69, 9.17) is 5.84 Å². The second-order valence-electron chi connectivity index (χ2n) is 4.62. The predicted molar refractivity (Wildman–Crippen MR) is 70.6 cm³/mol. The van der Waals surface area contributed by atoms with Crippen LogP contribution < -0.4 is 16.6 Å². The van der Waals surface area contributed by atoms with Crippen molar-refractivity contribution in [3.8, 4) is 0 Å². The Morgan fingerprint density at radius 1 is 1.47 bits per heavy atom. The summed E-state index contributed by atoms with van der Waals surface area (Å²) >= 11 is 0. The molecule has 0 spiro atoms. The molecule has 1 aromatic carbocycles. The minimum absolute atomic E-state index is 0.125. The minimum Gasteiger partial charge on any atom is -0.352 e. The van der Waals surface area contributed by atoms with E-state index >= 15 is 0 Å². The van der Waals surface area contributed by atoms with Gasteiger partial charge in [-0.15, -0.1) is 0 Å². The van der Waals surface area contributed by atoms with Gasteiger partial charge < -0.3 is 10.7 Å². The van der Waals surface area contributed by atoms with Gasteiger partial charge in [-0.05, 0) is 24.5 Å². The summed E-state index contributed by atoms with van der Waals surface area (Å²) in [5.41, 5.74) is 2.56. The Labute approximate surface area is 110 Å². The van der Waals surface area contributed by atoms with Crippen LogP contribution in [0.2, 0.25) is 0 Å². The summed E-state index contributed by atoms with van der Waals surface area (Å²) in [6, 6.07) is 4.07. The van der Waals surface area contributed by atoms with E-state index in [0.717, 1.165) is 12.3 Å². The maximum atomic E-state index is 11.8. The van der Waals surface area contributed by atoms with Gasteiger partial charge >= 0.3 is 0 Å². The topological polar surface area (TPSA) is 110 Å². The third kappa shape index (κ3) is 3.41. The van der Waals surface area contributed by atoms with Gasteiger partial charge in [0.1, 0.15) is 5.69 Å². The molecule has 0 saturated heterocycles. The Bertz CT molecular complexity index is 500. The maximum Gasteiger partial charge on any atom is 0.293 e. The standard InChI is InChI=1S/C12H16N4O3/c13-15-10-7-9(3-4-11(10)16(18)19)12(17)14-6-5-8-1-2-8/h3-4,7-8,15H,1-2,5-6,13H2,(H,14,17). The molecular formula is C12H16N4O3. The number of benzene rings is 1. The fourth-order valence-corrected chi connectivity index (χ4v) is 1.85. The summed E-state index contributed by atoms with van der Waals surface area (Å²) in [6.45, 7) is 0.631. The fraction of sp³-hybridized carbons (Fsp3) is 0.417. The number of hydrogen-bond donors (Lipinski definition) is 3. The molecule has 0 aliphatic heterocycles. The molecule has 7 heteroatoms. The van der Waals surface area contributed by atoms with E-state index in [9.17, 15) is 14.9 Å². The van der Waals surface area contributed by atoms with Crippen LogP contribution in [0.5, 0.6) is 0 Å². The molecule has 0 heterocycles. The van der Waals surface area contributed by atoms with Crippen molar-refractivity contribution in [2.75, 3.05) is 12.0 Å². The summed E-state index contributed by atoms with van der Waals surface area (Å²) in [4.78, 5) is 22.0. The van der Waals surface area contributed by atoms with Crippen LogP contribution in [0.1, 0.15) is 29.6 Å². The number of hydrogen-bond acceptors (Lipinski definition) is 5. The molecule has 1 aliphatic carbocycles. The Morgan fingerprint density at radius 2 is 2.21 bits per heavy atom. The number of nitrogens with two attached hydrogens (primary N) is 1. The highest BCUT2D eigenvalue weighted by Gasteiger charge is 2.21. The lowest BCUT2D eigenvalue weighted by atomic mass is 10.1. The smallest absolute Gasteiger partial charge is 0.293 e. The molecule has 1 fully saturated rings. The minimum atomic E-state index is -0.552. The number of nitrogen functional groups attached to an aromatic ring is 1. The van der Waals surface area contributed by atoms with Crippen LogP contribution in [0.3, 0.4) is 0 Å². The van der Waals surface area contributed by atoms with E-state index in [1.54, 1.807) is 0 Å². The van der Waals surface area contributed by atoms with E-state index in [1.807, 2.05) is 0 Å². The predicted octanol–water partition coefficient (Wildman–Crippen LogP) is 1.41. The summed E-state index contributed by atoms with van der Waals surface area (Å²) < 4.78 is 0. The first-order valence-corrected chi connectivity index (χ1v) is 6.15. The fourth-order valence-electron chi connectivity index (χ4n) is 1.85. The van der Waals surface area contributed by atoms with Crippen molar-refractivity contribution in [1.29, 1.82) is 0 Å². The quantitative estimate of drug-likeness (QED) is 0.409. The molecule has 1 aromatic rings. The van der Waals surface area contributed by atoms with Gasteiger partial charge in [0.25, 0.3) is 11.6 Å². The van der Waals surface area contributed by atoms with Crippen molar-refractivity contribution in [2.24, 2.45) is 11.8 Å². The molecule has 2 rings (SSSR count). The van der Waals surface area contributed by atoms with Gasteiger partial charge in [0.2, 0.25) is 0 Å². The zero-order chi connectivity index (χ0) is 13.8. The van der Waals surface area contributed by atoms with E-state index in [0.29, 0.717) is 12.1 Å². The zero-order valence-electron chi connectivity index (χ0n) is 10.4. The molecule has 102 valence electrons. The van der Waals surface area contributed by atoms with Crippen molar-refractivity contribution < 1.29 is 9.72 Å². The molecule has 1 saturated carbocycles. The van der Waals surface area contributed by atoms with Crippen molar-refractivity contribution >= 4 is 17.3 Å². The Hall–Kier alpha value is -2.15. The molecule has 1 aliphatic rings. The van der Waals surface area contributed by atoms with Crippen molar-refractivity contribution in [3.63, 3.8) is 0 Å². The molecule has 0 radical (unpaired) electrons. The highest BCUT2D eigenvalue weighted by Crippen LogP contribution is 2.31. The molecule has 19 heavy (non-hydrogen) atoms. The average Bonchev–Trinajstić information content (AvgIpc) is 3.21. The van der Waals surface area contributed by atoms with Gasteiger partial charge in [-0.3, -0.25) is 20.8 Å². The lowest BCUT2D eigenvalue weighted by Crippen LogP contribution is -2.25. The number of hydrazine groups is 1. The van der Waals surface area contributed by atoms with E-state index < -0.39 is 4.92 Å². The van der Waals surface area contributed by atoms with Crippen molar-refractivity contribution in [1.82, 2.24) is 5.32 Å². The van der Waals surface area contributed by atoms with E-state index in [2.05, 4.69) is 10.7 Å². The summed E-state index contributed by atoms with van der Waals surface area (Å²) in [7, 11) is 0. The average molecular weight is 264 g/mol. The number of carbonyl (C=O) groups is 1. The number of amides is 1. The van der Waals surface area contributed by atoms with Crippen LogP contribution in [0.4, 0.5) is 11.4 Å². The third-order valence-corrected chi connectivity index (χ3v) is 3.15. The third-order valence-electron chi connectivity index (χ3n) is 3.15. The van der Waals surface area contributed by atoms with Crippen LogP contribution in [-0.2, 0) is 0 Å². The Balaban J connectivity index is 2.02. The highest BCUT2D eigenvalue weighted by atomic mass is 16.6. The second kappa shape index (κ2) is 5.66. The molecule has 0 aromatic heterocycles. The van der Waals surface area contributed by atoms with Gasteiger partial charge in [-0.25, -0.2) is 0 Å². The van der Waals surface area contributed by atoms with Gasteiger partial charge in [-0.2, -0.15) is 0 Å². The first kappa shape index (κ1) is 13.3. The van der Waals surface area contributed by atoms with Crippen LogP contribution in [0.15, 0.2) is 18.2 Å². The monoisotopic (exact) mass is 264 g/mol. The Kier molecular flexibility index (Phi) is 3.96. The largest absolute Gasteiger partial charge is 0.352 e. The number of nitro groups is 1. The van der Waals surface area contributed by atoms with Gasteiger partial charge in [0.05, 0.1) is 4.92 Å². The normalized spacial score (nSPS) is 13.9. The second-order valence-corrected chi connectivity index (χ2v) is 4.62. The molecule has 0 unspecified atom stereocenters. The van der Waals surface area contributed by atoms with Gasteiger partial charge in [0.15, 0.2) is 0 Å². The lowest BCUT2D eigenvalue weighted by molar-refractivity contribution is -0.384. The van der Waals surface area contributed by atoms with E-state index in [-0.39, 0.29) is 17.3 Å². The molecule has 0 atom stereocenters. The number of carbonyl (C=O) groups excluding carboxylic acids is 1. The van der Waals surface area contributed by atoms with Gasteiger partial charge in [0, 0.05) is 18.2 Å². The number of nitro benzene ring substituents is 1. The number of nitrogens with one attached hydrogen (secondary N) is 2. The van der Waals surface area contributed by atoms with Crippen molar-refractivity contribution in [3.05, 3.63) is 33.9 Å². The first-order valence-electron chi connectivity index (χ1n) is 6.15. The summed E-state index contributed by atoms with van der Waals surface area (Å²) in [5.74, 6) is 5.72. The summed E-state index contributed by atoms with van der Waals surface area (Å²) in [5, 5.41) is 13.5. The van der Waals surface area contributed by atoms with Crippen LogP contribution in [0.25, 0.3) is 0 Å². The van der Waals surface area contributed by atoms with Gasteiger partial charge in [-0.1, -0.05) is 12.8 Å². The molecule has 0 bridgehead atoms. The number of anilines is 1. The molecule has 1 amide bonds. The SMILES string of the molecule is NNc1cc(C(=O)NCCC2CC2)ccc1[N+](=O)[O-]. The highest BCUT2D eigenvalue weighted by molar-refractivity contribution is 5.95. The summed E-state index contributed by atoms with van der Waals surface area (Å²) in [6.07, 6.45) is 3.48. The van der Waals surface area contributed by atoms with Crippen LogP contribution in [0, 0.1) is 16.0 Å². The molecular weight excluding hydrogens is 248 g/mol.